The average Bonchev–Trinajstić information content (AvgIpc) is 2.36. The van der Waals surface area contributed by atoms with Crippen molar-refractivity contribution in [2.75, 3.05) is 11.1 Å². The molecule has 0 aliphatic carbocycles. The lowest BCUT2D eigenvalue weighted by molar-refractivity contribution is 1.11. The van der Waals surface area contributed by atoms with Gasteiger partial charge in [0, 0.05) is 17.1 Å². The molecule has 0 aliphatic heterocycles. The molecular formula is C16H20N2. The molecule has 2 nitrogen and oxygen atoms in total. The maximum Gasteiger partial charge on any atom is 0.0405 e. The van der Waals surface area contributed by atoms with Crippen LogP contribution in [0, 0.1) is 13.8 Å². The minimum atomic E-state index is 0.822. The smallest absolute Gasteiger partial charge is 0.0405 e. The van der Waals surface area contributed by atoms with Crippen LogP contribution in [0.2, 0.25) is 0 Å². The molecule has 0 aromatic heterocycles. The van der Waals surface area contributed by atoms with Crippen LogP contribution >= 0.6 is 0 Å². The highest BCUT2D eigenvalue weighted by Crippen LogP contribution is 2.23. The summed E-state index contributed by atoms with van der Waals surface area (Å²) in [4.78, 5) is 0. The van der Waals surface area contributed by atoms with Crippen LogP contribution in [0.3, 0.4) is 0 Å². The molecule has 0 heterocycles. The van der Waals surface area contributed by atoms with E-state index in [1.54, 1.807) is 0 Å². The Morgan fingerprint density at radius 3 is 2.17 bits per heavy atom. The molecule has 0 fully saturated rings. The number of anilines is 3. The van der Waals surface area contributed by atoms with Gasteiger partial charge in [0.15, 0.2) is 0 Å². The fourth-order valence-corrected chi connectivity index (χ4v) is 2.02. The number of nitrogen functional groups attached to an aromatic ring is 1. The molecule has 0 spiro atoms. The Morgan fingerprint density at radius 2 is 1.56 bits per heavy atom. The first-order chi connectivity index (χ1) is 8.60. The van der Waals surface area contributed by atoms with Crippen LogP contribution in [-0.4, -0.2) is 0 Å². The van der Waals surface area contributed by atoms with Crippen LogP contribution in [0.5, 0.6) is 0 Å². The van der Waals surface area contributed by atoms with Gasteiger partial charge in [-0.05, 0) is 61.2 Å². The molecule has 2 aromatic carbocycles. The van der Waals surface area contributed by atoms with Crippen molar-refractivity contribution >= 4 is 17.1 Å². The topological polar surface area (TPSA) is 38.0 Å². The zero-order valence-electron chi connectivity index (χ0n) is 11.2. The summed E-state index contributed by atoms with van der Waals surface area (Å²) in [6.07, 6.45) is 1.05. The second kappa shape index (κ2) is 5.13. The van der Waals surface area contributed by atoms with Gasteiger partial charge < -0.3 is 11.1 Å². The summed E-state index contributed by atoms with van der Waals surface area (Å²) in [5.74, 6) is 0. The van der Waals surface area contributed by atoms with E-state index in [0.29, 0.717) is 0 Å². The number of rotatable bonds is 3. The van der Waals surface area contributed by atoms with Gasteiger partial charge in [0.2, 0.25) is 0 Å². The summed E-state index contributed by atoms with van der Waals surface area (Å²) in [6, 6.07) is 12.5. The predicted octanol–water partition coefficient (Wildman–Crippen LogP) is 4.19. The number of hydrogen-bond acceptors (Lipinski definition) is 2. The van der Waals surface area contributed by atoms with Crippen LogP contribution in [0.15, 0.2) is 36.4 Å². The molecule has 2 heteroatoms. The molecular weight excluding hydrogens is 220 g/mol. The Bertz CT molecular complexity index is 559. The molecule has 0 unspecified atom stereocenters. The lowest BCUT2D eigenvalue weighted by Gasteiger charge is -2.11. The zero-order valence-corrected chi connectivity index (χ0v) is 11.2. The van der Waals surface area contributed by atoms with E-state index in [1.807, 2.05) is 19.1 Å². The predicted molar refractivity (Wildman–Crippen MR) is 79.4 cm³/mol. The third kappa shape index (κ3) is 2.65. The van der Waals surface area contributed by atoms with E-state index in [2.05, 4.69) is 43.4 Å². The summed E-state index contributed by atoms with van der Waals surface area (Å²) < 4.78 is 0. The molecule has 0 atom stereocenters. The summed E-state index contributed by atoms with van der Waals surface area (Å²) in [5.41, 5.74) is 12.7. The molecule has 2 rings (SSSR count). The molecule has 0 bridgehead atoms. The van der Waals surface area contributed by atoms with E-state index >= 15 is 0 Å². The maximum atomic E-state index is 5.91. The lowest BCUT2D eigenvalue weighted by atomic mass is 10.1. The number of hydrogen-bond donors (Lipinski definition) is 2. The highest BCUT2D eigenvalue weighted by atomic mass is 14.9. The van der Waals surface area contributed by atoms with Gasteiger partial charge >= 0.3 is 0 Å². The van der Waals surface area contributed by atoms with Gasteiger partial charge in [0.05, 0.1) is 0 Å². The lowest BCUT2D eigenvalue weighted by Crippen LogP contribution is -1.96. The summed E-state index contributed by atoms with van der Waals surface area (Å²) >= 11 is 0. The first-order valence-electron chi connectivity index (χ1n) is 6.33. The molecule has 3 N–H and O–H groups in total. The SMILES string of the molecule is CCc1cc(Nc2ccc(C)c(N)c2)ccc1C. The zero-order chi connectivity index (χ0) is 13.1. The fourth-order valence-electron chi connectivity index (χ4n) is 2.02. The van der Waals surface area contributed by atoms with Crippen molar-refractivity contribution in [3.63, 3.8) is 0 Å². The van der Waals surface area contributed by atoms with Crippen molar-refractivity contribution in [3.8, 4) is 0 Å². The molecule has 0 saturated heterocycles. The third-order valence-corrected chi connectivity index (χ3v) is 3.30. The largest absolute Gasteiger partial charge is 0.398 e. The van der Waals surface area contributed by atoms with E-state index in [-0.39, 0.29) is 0 Å². The second-order valence-electron chi connectivity index (χ2n) is 4.69. The number of benzene rings is 2. The van der Waals surface area contributed by atoms with Gasteiger partial charge in [-0.25, -0.2) is 0 Å². The Kier molecular flexibility index (Phi) is 3.56. The monoisotopic (exact) mass is 240 g/mol. The Hall–Kier alpha value is -1.96. The van der Waals surface area contributed by atoms with Gasteiger partial charge in [0.1, 0.15) is 0 Å². The number of aryl methyl sites for hydroxylation is 3. The van der Waals surface area contributed by atoms with E-state index in [4.69, 9.17) is 5.73 Å². The van der Waals surface area contributed by atoms with Crippen LogP contribution in [0.4, 0.5) is 17.1 Å². The first-order valence-corrected chi connectivity index (χ1v) is 6.33. The molecule has 94 valence electrons. The van der Waals surface area contributed by atoms with Crippen LogP contribution in [-0.2, 0) is 6.42 Å². The molecule has 0 aliphatic rings. The molecule has 0 radical (unpaired) electrons. The summed E-state index contributed by atoms with van der Waals surface area (Å²) in [7, 11) is 0. The van der Waals surface area contributed by atoms with Crippen molar-refractivity contribution in [3.05, 3.63) is 53.1 Å². The van der Waals surface area contributed by atoms with Crippen molar-refractivity contribution in [1.82, 2.24) is 0 Å². The molecule has 0 amide bonds. The average molecular weight is 240 g/mol. The summed E-state index contributed by atoms with van der Waals surface area (Å²) in [6.45, 7) is 6.34. The highest BCUT2D eigenvalue weighted by molar-refractivity contribution is 5.66. The van der Waals surface area contributed by atoms with E-state index < -0.39 is 0 Å². The van der Waals surface area contributed by atoms with E-state index in [9.17, 15) is 0 Å². The van der Waals surface area contributed by atoms with E-state index in [1.165, 1.54) is 11.1 Å². The summed E-state index contributed by atoms with van der Waals surface area (Å²) in [5, 5.41) is 3.39. The van der Waals surface area contributed by atoms with Crippen LogP contribution < -0.4 is 11.1 Å². The van der Waals surface area contributed by atoms with Crippen LogP contribution in [0.1, 0.15) is 23.6 Å². The fraction of sp³-hybridized carbons (Fsp3) is 0.250. The normalized spacial score (nSPS) is 10.4. The second-order valence-corrected chi connectivity index (χ2v) is 4.69. The van der Waals surface area contributed by atoms with Gasteiger partial charge in [-0.2, -0.15) is 0 Å². The van der Waals surface area contributed by atoms with Gasteiger partial charge in [-0.1, -0.05) is 19.1 Å². The minimum Gasteiger partial charge on any atom is -0.398 e. The van der Waals surface area contributed by atoms with Crippen molar-refractivity contribution in [2.24, 2.45) is 0 Å². The Labute approximate surface area is 109 Å². The minimum absolute atomic E-state index is 0.822. The third-order valence-electron chi connectivity index (χ3n) is 3.30. The molecule has 0 saturated carbocycles. The Morgan fingerprint density at radius 1 is 0.944 bits per heavy atom. The van der Waals surface area contributed by atoms with Crippen molar-refractivity contribution in [1.29, 1.82) is 0 Å². The van der Waals surface area contributed by atoms with Gasteiger partial charge in [-0.15, -0.1) is 0 Å². The number of nitrogens with one attached hydrogen (secondary N) is 1. The maximum absolute atomic E-state index is 5.91. The van der Waals surface area contributed by atoms with E-state index in [0.717, 1.165) is 29.0 Å². The standard InChI is InChI=1S/C16H20N2/c1-4-13-9-14(7-5-11(13)2)18-15-8-6-12(3)16(17)10-15/h5-10,18H,4,17H2,1-3H3. The quantitative estimate of drug-likeness (QED) is 0.789. The van der Waals surface area contributed by atoms with Crippen molar-refractivity contribution < 1.29 is 0 Å². The van der Waals surface area contributed by atoms with Gasteiger partial charge in [0.25, 0.3) is 0 Å². The Balaban J connectivity index is 2.25. The first kappa shape index (κ1) is 12.5. The van der Waals surface area contributed by atoms with Crippen molar-refractivity contribution in [2.45, 2.75) is 27.2 Å². The molecule has 2 aromatic rings. The number of nitrogens with two attached hydrogens (primary N) is 1. The van der Waals surface area contributed by atoms with Crippen LogP contribution in [0.25, 0.3) is 0 Å². The highest BCUT2D eigenvalue weighted by Gasteiger charge is 2.01. The van der Waals surface area contributed by atoms with Gasteiger partial charge in [-0.3, -0.25) is 0 Å². The molecule has 18 heavy (non-hydrogen) atoms.